The lowest BCUT2D eigenvalue weighted by atomic mass is 9.86. The molecule has 0 spiro atoms. The second-order valence-electron chi connectivity index (χ2n) is 4.60. The van der Waals surface area contributed by atoms with Crippen LogP contribution in [0.3, 0.4) is 0 Å². The van der Waals surface area contributed by atoms with Crippen molar-refractivity contribution in [1.82, 2.24) is 4.98 Å². The minimum Gasteiger partial charge on any atom is -0.361 e. The fraction of sp³-hybridized carbons (Fsp3) is 0.357. The van der Waals surface area contributed by atoms with Crippen molar-refractivity contribution in [2.45, 2.75) is 25.7 Å². The van der Waals surface area contributed by atoms with Crippen LogP contribution in [-0.2, 0) is 24.1 Å². The molecular weight excluding hydrogens is 198 g/mol. The Morgan fingerprint density at radius 1 is 1.31 bits per heavy atom. The van der Waals surface area contributed by atoms with Gasteiger partial charge in [0, 0.05) is 23.7 Å². The third-order valence-electron chi connectivity index (χ3n) is 3.57. The number of H-pyrrole nitrogens is 1. The predicted molar refractivity (Wildman–Crippen MR) is 64.2 cm³/mol. The number of hydrogen-bond acceptors (Lipinski definition) is 1. The number of nitrogens with one attached hydrogen (secondary N) is 1. The summed E-state index contributed by atoms with van der Waals surface area (Å²) in [5.74, 6) is 0.219. The summed E-state index contributed by atoms with van der Waals surface area (Å²) in [6.45, 7) is 0. The molecule has 0 amide bonds. The maximum atomic E-state index is 10.9. The van der Waals surface area contributed by atoms with Gasteiger partial charge in [-0.1, -0.05) is 24.3 Å². The topological polar surface area (TPSA) is 32.9 Å². The number of carbonyl (C=O) groups is 1. The molecule has 0 aromatic carbocycles. The fourth-order valence-corrected chi connectivity index (χ4v) is 2.70. The van der Waals surface area contributed by atoms with Crippen LogP contribution >= 0.6 is 0 Å². The van der Waals surface area contributed by atoms with Gasteiger partial charge in [0.25, 0.3) is 0 Å². The maximum absolute atomic E-state index is 10.9. The number of fused-ring (bicyclic) bond motifs is 3. The van der Waals surface area contributed by atoms with Gasteiger partial charge in [-0.25, -0.2) is 0 Å². The first-order chi connectivity index (χ1) is 7.88. The molecule has 3 rings (SSSR count). The van der Waals surface area contributed by atoms with E-state index < -0.39 is 0 Å². The SMILES string of the molecule is O=CC1CCc2[nH]c3c(c2C1)C=CC=CC3. The molecule has 2 aliphatic carbocycles. The van der Waals surface area contributed by atoms with Crippen molar-refractivity contribution in [3.8, 4) is 0 Å². The summed E-state index contributed by atoms with van der Waals surface area (Å²) in [5.41, 5.74) is 5.36. The Balaban J connectivity index is 2.05. The molecule has 2 heteroatoms. The molecule has 0 fully saturated rings. The van der Waals surface area contributed by atoms with Crippen LogP contribution in [0.15, 0.2) is 18.2 Å². The van der Waals surface area contributed by atoms with Crippen molar-refractivity contribution in [1.29, 1.82) is 0 Å². The van der Waals surface area contributed by atoms with Gasteiger partial charge in [0.05, 0.1) is 0 Å². The number of allylic oxidation sites excluding steroid dienone is 3. The van der Waals surface area contributed by atoms with Crippen molar-refractivity contribution in [2.75, 3.05) is 0 Å². The van der Waals surface area contributed by atoms with Gasteiger partial charge in [-0.05, 0) is 30.4 Å². The Kier molecular flexibility index (Phi) is 2.28. The van der Waals surface area contributed by atoms with E-state index >= 15 is 0 Å². The van der Waals surface area contributed by atoms with Crippen molar-refractivity contribution in [3.05, 3.63) is 40.7 Å². The highest BCUT2D eigenvalue weighted by Crippen LogP contribution is 2.31. The molecule has 0 saturated heterocycles. The van der Waals surface area contributed by atoms with E-state index in [0.29, 0.717) is 0 Å². The van der Waals surface area contributed by atoms with Crippen LogP contribution in [0.2, 0.25) is 0 Å². The molecule has 1 N–H and O–H groups in total. The normalized spacial score (nSPS) is 22.4. The molecule has 1 aromatic heterocycles. The Bertz CT molecular complexity index is 479. The van der Waals surface area contributed by atoms with Gasteiger partial charge in [0.15, 0.2) is 0 Å². The first kappa shape index (κ1) is 9.64. The van der Waals surface area contributed by atoms with Crippen LogP contribution in [0.25, 0.3) is 6.08 Å². The van der Waals surface area contributed by atoms with Crippen molar-refractivity contribution in [2.24, 2.45) is 5.92 Å². The lowest BCUT2D eigenvalue weighted by Gasteiger charge is -2.17. The Labute approximate surface area is 95.1 Å². The van der Waals surface area contributed by atoms with Crippen LogP contribution in [-0.4, -0.2) is 11.3 Å². The van der Waals surface area contributed by atoms with E-state index in [1.165, 1.54) is 22.5 Å². The predicted octanol–water partition coefficient (Wildman–Crippen LogP) is 2.44. The molecule has 0 aliphatic heterocycles. The Hall–Kier alpha value is -1.57. The Morgan fingerprint density at radius 2 is 2.25 bits per heavy atom. The van der Waals surface area contributed by atoms with E-state index in [2.05, 4.69) is 29.3 Å². The smallest absolute Gasteiger partial charge is 0.123 e. The van der Waals surface area contributed by atoms with E-state index in [-0.39, 0.29) is 5.92 Å². The lowest BCUT2D eigenvalue weighted by Crippen LogP contribution is -2.14. The zero-order chi connectivity index (χ0) is 11.0. The van der Waals surface area contributed by atoms with Gasteiger partial charge < -0.3 is 9.78 Å². The highest BCUT2D eigenvalue weighted by molar-refractivity contribution is 5.64. The lowest BCUT2D eigenvalue weighted by molar-refractivity contribution is -0.111. The monoisotopic (exact) mass is 213 g/mol. The molecule has 2 aliphatic rings. The van der Waals surface area contributed by atoms with Gasteiger partial charge >= 0.3 is 0 Å². The first-order valence-electron chi connectivity index (χ1n) is 5.89. The molecule has 0 radical (unpaired) electrons. The fourth-order valence-electron chi connectivity index (χ4n) is 2.70. The third kappa shape index (κ3) is 1.45. The van der Waals surface area contributed by atoms with Gasteiger partial charge in [0.1, 0.15) is 6.29 Å². The number of hydrogen-bond donors (Lipinski definition) is 1. The minimum absolute atomic E-state index is 0.219. The van der Waals surface area contributed by atoms with Crippen molar-refractivity contribution >= 4 is 12.4 Å². The average Bonchev–Trinajstić information content (AvgIpc) is 2.50. The van der Waals surface area contributed by atoms with E-state index in [1.54, 1.807) is 0 Å². The summed E-state index contributed by atoms with van der Waals surface area (Å²) in [5, 5.41) is 0. The maximum Gasteiger partial charge on any atom is 0.123 e. The number of aldehydes is 1. The summed E-state index contributed by atoms with van der Waals surface area (Å²) in [4.78, 5) is 14.4. The van der Waals surface area contributed by atoms with E-state index in [9.17, 15) is 4.79 Å². The largest absolute Gasteiger partial charge is 0.361 e. The molecule has 0 bridgehead atoms. The number of carbonyl (C=O) groups excluding carboxylic acids is 1. The number of rotatable bonds is 1. The highest BCUT2D eigenvalue weighted by atomic mass is 16.1. The quantitative estimate of drug-likeness (QED) is 0.714. The average molecular weight is 213 g/mol. The summed E-state index contributed by atoms with van der Waals surface area (Å²) in [7, 11) is 0. The summed E-state index contributed by atoms with van der Waals surface area (Å²) in [6, 6.07) is 0. The second-order valence-corrected chi connectivity index (χ2v) is 4.60. The van der Waals surface area contributed by atoms with Crippen molar-refractivity contribution < 1.29 is 4.79 Å². The minimum atomic E-state index is 0.219. The summed E-state index contributed by atoms with van der Waals surface area (Å²) in [6.07, 6.45) is 13.5. The Morgan fingerprint density at radius 3 is 3.12 bits per heavy atom. The molecule has 1 heterocycles. The molecule has 82 valence electrons. The van der Waals surface area contributed by atoms with E-state index in [1.807, 2.05) is 0 Å². The van der Waals surface area contributed by atoms with Gasteiger partial charge in [0.2, 0.25) is 0 Å². The molecular formula is C14H15NO. The zero-order valence-corrected chi connectivity index (χ0v) is 9.20. The molecule has 16 heavy (non-hydrogen) atoms. The van der Waals surface area contributed by atoms with Gasteiger partial charge in [-0.15, -0.1) is 0 Å². The van der Waals surface area contributed by atoms with Crippen LogP contribution in [0.4, 0.5) is 0 Å². The van der Waals surface area contributed by atoms with E-state index in [4.69, 9.17) is 0 Å². The molecule has 1 aromatic rings. The summed E-state index contributed by atoms with van der Waals surface area (Å²) >= 11 is 0. The number of aromatic nitrogens is 1. The van der Waals surface area contributed by atoms with Crippen LogP contribution in [0.1, 0.15) is 28.9 Å². The van der Waals surface area contributed by atoms with Crippen LogP contribution in [0.5, 0.6) is 0 Å². The van der Waals surface area contributed by atoms with Crippen molar-refractivity contribution in [3.63, 3.8) is 0 Å². The first-order valence-corrected chi connectivity index (χ1v) is 5.89. The molecule has 0 saturated carbocycles. The molecule has 1 unspecified atom stereocenters. The number of aryl methyl sites for hydroxylation is 1. The molecule has 1 atom stereocenters. The van der Waals surface area contributed by atoms with Crippen LogP contribution in [0, 0.1) is 5.92 Å². The van der Waals surface area contributed by atoms with E-state index in [0.717, 1.165) is 32.0 Å². The second kappa shape index (κ2) is 3.78. The summed E-state index contributed by atoms with van der Waals surface area (Å²) < 4.78 is 0. The standard InChI is InChI=1S/C14H15NO/c16-9-10-6-7-14-12(8-10)11-4-2-1-3-5-13(11)15-14/h1-4,9-10,15H,5-8H2. The van der Waals surface area contributed by atoms with Gasteiger partial charge in [-0.3, -0.25) is 0 Å². The van der Waals surface area contributed by atoms with Gasteiger partial charge in [-0.2, -0.15) is 0 Å². The molecule has 2 nitrogen and oxygen atoms in total. The third-order valence-corrected chi connectivity index (χ3v) is 3.57. The van der Waals surface area contributed by atoms with Crippen LogP contribution < -0.4 is 0 Å². The number of aromatic amines is 1. The zero-order valence-electron chi connectivity index (χ0n) is 9.20. The highest BCUT2D eigenvalue weighted by Gasteiger charge is 2.23.